The van der Waals surface area contributed by atoms with Gasteiger partial charge in [0.05, 0.1) is 12.1 Å². The molecule has 0 amide bonds. The summed E-state index contributed by atoms with van der Waals surface area (Å²) in [5, 5.41) is 5.62. The fraction of sp³-hybridized carbons (Fsp3) is 0.154. The average molecular weight is 244 g/mol. The Hall–Kier alpha value is -1.81. The van der Waals surface area contributed by atoms with Crippen molar-refractivity contribution in [1.29, 1.82) is 0 Å². The van der Waals surface area contributed by atoms with Gasteiger partial charge < -0.3 is 9.73 Å². The quantitative estimate of drug-likeness (QED) is 0.761. The molecule has 2 heterocycles. The third-order valence-corrected chi connectivity index (χ3v) is 3.44. The van der Waals surface area contributed by atoms with Gasteiger partial charge in [-0.2, -0.15) is 4.37 Å². The summed E-state index contributed by atoms with van der Waals surface area (Å²) in [5.74, 6) is 1.89. The minimum Gasteiger partial charge on any atom is -0.465 e. The number of fused-ring (bicyclic) bond motifs is 1. The van der Waals surface area contributed by atoms with Crippen LogP contribution in [0.5, 0.6) is 0 Å². The standard InChI is InChI=1S/C13H12N2OS/c1-9-6-7-10(16-9)8-14-13-11-4-2-3-5-12(11)15-17-13/h2-7,14H,8H2,1H3. The molecule has 0 saturated heterocycles. The average Bonchev–Trinajstić information content (AvgIpc) is 2.93. The zero-order valence-corrected chi connectivity index (χ0v) is 10.3. The molecule has 0 aliphatic carbocycles. The second-order valence-electron chi connectivity index (χ2n) is 3.89. The summed E-state index contributed by atoms with van der Waals surface area (Å²) in [4.78, 5) is 0. The van der Waals surface area contributed by atoms with Crippen molar-refractivity contribution in [3.8, 4) is 0 Å². The lowest BCUT2D eigenvalue weighted by atomic mass is 10.2. The Morgan fingerprint density at radius 3 is 2.94 bits per heavy atom. The number of hydrogen-bond acceptors (Lipinski definition) is 4. The third-order valence-electron chi connectivity index (χ3n) is 2.60. The maximum absolute atomic E-state index is 5.52. The van der Waals surface area contributed by atoms with Gasteiger partial charge in [0.25, 0.3) is 0 Å². The van der Waals surface area contributed by atoms with Crippen LogP contribution in [0.25, 0.3) is 10.9 Å². The summed E-state index contributed by atoms with van der Waals surface area (Å²) >= 11 is 1.49. The van der Waals surface area contributed by atoms with Gasteiger partial charge >= 0.3 is 0 Å². The summed E-state index contributed by atoms with van der Waals surface area (Å²) in [6.45, 7) is 2.64. The van der Waals surface area contributed by atoms with Crippen molar-refractivity contribution < 1.29 is 4.42 Å². The van der Waals surface area contributed by atoms with Gasteiger partial charge in [0.2, 0.25) is 0 Å². The Kier molecular flexibility index (Phi) is 2.57. The van der Waals surface area contributed by atoms with Crippen LogP contribution in [0.15, 0.2) is 40.8 Å². The van der Waals surface area contributed by atoms with Crippen LogP contribution in [0.3, 0.4) is 0 Å². The molecule has 3 nitrogen and oxygen atoms in total. The predicted molar refractivity (Wildman–Crippen MR) is 70.4 cm³/mol. The van der Waals surface area contributed by atoms with Crippen LogP contribution in [-0.4, -0.2) is 4.37 Å². The van der Waals surface area contributed by atoms with Gasteiger partial charge in [0.1, 0.15) is 16.5 Å². The molecule has 0 radical (unpaired) electrons. The number of aromatic nitrogens is 1. The Labute approximate surface area is 103 Å². The SMILES string of the molecule is Cc1ccc(CNc2snc3ccccc23)o1. The highest BCUT2D eigenvalue weighted by Crippen LogP contribution is 2.27. The fourth-order valence-electron chi connectivity index (χ4n) is 1.76. The van der Waals surface area contributed by atoms with Crippen molar-refractivity contribution in [1.82, 2.24) is 4.37 Å². The molecule has 17 heavy (non-hydrogen) atoms. The molecule has 2 aromatic heterocycles. The minimum atomic E-state index is 0.694. The van der Waals surface area contributed by atoms with E-state index < -0.39 is 0 Å². The van der Waals surface area contributed by atoms with Crippen LogP contribution in [-0.2, 0) is 6.54 Å². The van der Waals surface area contributed by atoms with Gasteiger partial charge in [-0.15, -0.1) is 0 Å². The maximum atomic E-state index is 5.52. The highest BCUT2D eigenvalue weighted by atomic mass is 32.1. The highest BCUT2D eigenvalue weighted by molar-refractivity contribution is 7.11. The van der Waals surface area contributed by atoms with Crippen LogP contribution >= 0.6 is 11.5 Å². The molecule has 0 aliphatic heterocycles. The minimum absolute atomic E-state index is 0.694. The zero-order chi connectivity index (χ0) is 11.7. The lowest BCUT2D eigenvalue weighted by Crippen LogP contribution is -1.95. The van der Waals surface area contributed by atoms with Crippen molar-refractivity contribution in [2.45, 2.75) is 13.5 Å². The fourth-order valence-corrected chi connectivity index (χ4v) is 2.52. The van der Waals surface area contributed by atoms with Crippen molar-refractivity contribution in [2.75, 3.05) is 5.32 Å². The van der Waals surface area contributed by atoms with Crippen LogP contribution in [0.4, 0.5) is 5.00 Å². The van der Waals surface area contributed by atoms with Crippen molar-refractivity contribution in [3.05, 3.63) is 47.9 Å². The molecular weight excluding hydrogens is 232 g/mol. The molecule has 0 atom stereocenters. The first kappa shape index (κ1) is 10.4. The zero-order valence-electron chi connectivity index (χ0n) is 9.43. The van der Waals surface area contributed by atoms with Gasteiger partial charge in [-0.1, -0.05) is 12.1 Å². The molecular formula is C13H12N2OS. The van der Waals surface area contributed by atoms with Gasteiger partial charge in [0, 0.05) is 5.39 Å². The summed E-state index contributed by atoms with van der Waals surface area (Å²) in [6, 6.07) is 12.1. The summed E-state index contributed by atoms with van der Waals surface area (Å²) in [5.41, 5.74) is 1.04. The molecule has 0 bridgehead atoms. The van der Waals surface area contributed by atoms with Crippen molar-refractivity contribution in [2.24, 2.45) is 0 Å². The van der Waals surface area contributed by atoms with E-state index in [1.54, 1.807) is 0 Å². The molecule has 0 spiro atoms. The predicted octanol–water partition coefficient (Wildman–Crippen LogP) is 3.81. The number of rotatable bonds is 3. The second kappa shape index (κ2) is 4.22. The van der Waals surface area contributed by atoms with Crippen molar-refractivity contribution in [3.63, 3.8) is 0 Å². The van der Waals surface area contributed by atoms with E-state index in [-0.39, 0.29) is 0 Å². The highest BCUT2D eigenvalue weighted by Gasteiger charge is 2.05. The van der Waals surface area contributed by atoms with Gasteiger partial charge in [-0.25, -0.2) is 0 Å². The second-order valence-corrected chi connectivity index (χ2v) is 4.67. The van der Waals surface area contributed by atoms with Crippen LogP contribution < -0.4 is 5.32 Å². The Bertz CT molecular complexity index is 641. The van der Waals surface area contributed by atoms with E-state index in [0.717, 1.165) is 22.0 Å². The van der Waals surface area contributed by atoms with Gasteiger partial charge in [-0.3, -0.25) is 0 Å². The molecule has 0 unspecified atom stereocenters. The molecule has 1 aromatic carbocycles. The van der Waals surface area contributed by atoms with Crippen LogP contribution in [0.2, 0.25) is 0 Å². The van der Waals surface area contributed by atoms with Crippen LogP contribution in [0, 0.1) is 6.92 Å². The smallest absolute Gasteiger partial charge is 0.123 e. The Morgan fingerprint density at radius 2 is 2.12 bits per heavy atom. The van der Waals surface area contributed by atoms with E-state index in [4.69, 9.17) is 4.42 Å². The van der Waals surface area contributed by atoms with E-state index in [1.807, 2.05) is 37.3 Å². The molecule has 4 heteroatoms. The first-order chi connectivity index (χ1) is 8.33. The Balaban J connectivity index is 1.81. The molecule has 0 aliphatic rings. The summed E-state index contributed by atoms with van der Waals surface area (Å²) < 4.78 is 9.90. The number of nitrogens with zero attached hydrogens (tertiary/aromatic N) is 1. The normalized spacial score (nSPS) is 10.9. The van der Waals surface area contributed by atoms with E-state index in [0.29, 0.717) is 6.54 Å². The molecule has 0 fully saturated rings. The van der Waals surface area contributed by atoms with Crippen LogP contribution in [0.1, 0.15) is 11.5 Å². The van der Waals surface area contributed by atoms with E-state index >= 15 is 0 Å². The number of furan rings is 1. The van der Waals surface area contributed by atoms with Crippen molar-refractivity contribution >= 4 is 27.4 Å². The first-order valence-corrected chi connectivity index (χ1v) is 6.24. The van der Waals surface area contributed by atoms with E-state index in [1.165, 1.54) is 16.9 Å². The molecule has 1 N–H and O–H groups in total. The van der Waals surface area contributed by atoms with E-state index in [2.05, 4.69) is 15.8 Å². The maximum Gasteiger partial charge on any atom is 0.123 e. The Morgan fingerprint density at radius 1 is 1.24 bits per heavy atom. The lowest BCUT2D eigenvalue weighted by molar-refractivity contribution is 0.491. The number of hydrogen-bond donors (Lipinski definition) is 1. The third kappa shape index (κ3) is 2.03. The molecule has 86 valence electrons. The topological polar surface area (TPSA) is 38.1 Å². The number of nitrogens with one attached hydrogen (secondary N) is 1. The number of anilines is 1. The molecule has 3 rings (SSSR count). The van der Waals surface area contributed by atoms with E-state index in [9.17, 15) is 0 Å². The summed E-state index contributed by atoms with van der Waals surface area (Å²) in [6.07, 6.45) is 0. The number of benzene rings is 1. The molecule has 3 aromatic rings. The number of aryl methyl sites for hydroxylation is 1. The van der Waals surface area contributed by atoms with Gasteiger partial charge in [0.15, 0.2) is 0 Å². The monoisotopic (exact) mass is 244 g/mol. The first-order valence-electron chi connectivity index (χ1n) is 5.46. The largest absolute Gasteiger partial charge is 0.465 e. The molecule has 0 saturated carbocycles. The summed E-state index contributed by atoms with van der Waals surface area (Å²) in [7, 11) is 0. The van der Waals surface area contributed by atoms with Gasteiger partial charge in [-0.05, 0) is 42.7 Å². The lowest BCUT2D eigenvalue weighted by Gasteiger charge is -2.00.